The number of anilines is 1. The first-order valence-corrected chi connectivity index (χ1v) is 8.41. The highest BCUT2D eigenvalue weighted by Crippen LogP contribution is 2.20. The van der Waals surface area contributed by atoms with Gasteiger partial charge in [-0.25, -0.2) is 4.39 Å². The fraction of sp³-hybridized carbons (Fsp3) is 0.350. The van der Waals surface area contributed by atoms with Crippen LogP contribution < -0.4 is 5.32 Å². The zero-order chi connectivity index (χ0) is 17.1. The van der Waals surface area contributed by atoms with Crippen LogP contribution in [0, 0.1) is 19.7 Å². The Kier molecular flexibility index (Phi) is 4.84. The summed E-state index contributed by atoms with van der Waals surface area (Å²) in [5.74, 6) is -0.346. The maximum Gasteiger partial charge on any atom is 0.253 e. The first-order valence-electron chi connectivity index (χ1n) is 8.41. The number of piperidine rings is 1. The normalized spacial score (nSPS) is 17.6. The van der Waals surface area contributed by atoms with Crippen LogP contribution in [0.25, 0.3) is 0 Å². The van der Waals surface area contributed by atoms with Gasteiger partial charge >= 0.3 is 0 Å². The molecule has 3 rings (SSSR count). The van der Waals surface area contributed by atoms with Crippen molar-refractivity contribution in [3.05, 3.63) is 65.0 Å². The molecular weight excluding hydrogens is 303 g/mol. The number of aryl methyl sites for hydroxylation is 2. The van der Waals surface area contributed by atoms with Crippen LogP contribution in [-0.4, -0.2) is 29.9 Å². The Labute approximate surface area is 142 Å². The third-order valence-corrected chi connectivity index (χ3v) is 4.68. The number of likely N-dealkylation sites (tertiary alicyclic amines) is 1. The van der Waals surface area contributed by atoms with Crippen molar-refractivity contribution < 1.29 is 9.18 Å². The second-order valence-corrected chi connectivity index (χ2v) is 6.54. The van der Waals surface area contributed by atoms with E-state index in [0.29, 0.717) is 12.1 Å². The van der Waals surface area contributed by atoms with Crippen LogP contribution in [0.2, 0.25) is 0 Å². The molecule has 1 atom stereocenters. The van der Waals surface area contributed by atoms with Crippen LogP contribution in [0.5, 0.6) is 0 Å². The van der Waals surface area contributed by atoms with Crippen LogP contribution in [-0.2, 0) is 0 Å². The average Bonchev–Trinajstić information content (AvgIpc) is 2.58. The smallest absolute Gasteiger partial charge is 0.253 e. The van der Waals surface area contributed by atoms with Gasteiger partial charge in [-0.3, -0.25) is 4.79 Å². The van der Waals surface area contributed by atoms with Gasteiger partial charge in [-0.1, -0.05) is 6.07 Å². The molecule has 0 bridgehead atoms. The molecule has 0 aromatic heterocycles. The van der Waals surface area contributed by atoms with E-state index in [-0.39, 0.29) is 17.8 Å². The van der Waals surface area contributed by atoms with Crippen molar-refractivity contribution in [2.75, 3.05) is 18.4 Å². The molecule has 3 nitrogen and oxygen atoms in total. The van der Waals surface area contributed by atoms with Crippen molar-refractivity contribution >= 4 is 11.6 Å². The minimum Gasteiger partial charge on any atom is -0.381 e. The molecule has 4 heteroatoms. The molecule has 1 N–H and O–H groups in total. The molecule has 0 radical (unpaired) electrons. The topological polar surface area (TPSA) is 32.3 Å². The summed E-state index contributed by atoms with van der Waals surface area (Å²) in [6.45, 7) is 5.62. The molecule has 0 spiro atoms. The zero-order valence-corrected chi connectivity index (χ0v) is 14.2. The van der Waals surface area contributed by atoms with Gasteiger partial charge in [0.15, 0.2) is 0 Å². The number of amides is 1. The molecule has 0 unspecified atom stereocenters. The summed E-state index contributed by atoms with van der Waals surface area (Å²) in [6, 6.07) is 12.4. The van der Waals surface area contributed by atoms with E-state index in [0.717, 1.165) is 25.1 Å². The molecule has 1 saturated heterocycles. The number of hydrogen-bond acceptors (Lipinski definition) is 2. The summed E-state index contributed by atoms with van der Waals surface area (Å²) in [6.07, 6.45) is 2.01. The summed E-state index contributed by atoms with van der Waals surface area (Å²) < 4.78 is 13.0. The molecular formula is C20H23FN2O. The first-order chi connectivity index (χ1) is 11.5. The quantitative estimate of drug-likeness (QED) is 0.918. The van der Waals surface area contributed by atoms with Gasteiger partial charge in [-0.15, -0.1) is 0 Å². The van der Waals surface area contributed by atoms with Crippen LogP contribution in [0.4, 0.5) is 10.1 Å². The summed E-state index contributed by atoms with van der Waals surface area (Å²) in [5, 5.41) is 3.54. The molecule has 2 aromatic rings. The van der Waals surface area contributed by atoms with Crippen molar-refractivity contribution in [2.45, 2.75) is 32.7 Å². The van der Waals surface area contributed by atoms with E-state index in [1.165, 1.54) is 23.3 Å². The molecule has 1 fully saturated rings. The fourth-order valence-electron chi connectivity index (χ4n) is 3.12. The second kappa shape index (κ2) is 7.04. The zero-order valence-electron chi connectivity index (χ0n) is 14.2. The van der Waals surface area contributed by atoms with E-state index in [1.54, 1.807) is 12.1 Å². The highest BCUT2D eigenvalue weighted by Gasteiger charge is 2.24. The number of carbonyl (C=O) groups excluding carboxylic acids is 1. The molecule has 0 aliphatic carbocycles. The molecule has 1 heterocycles. The molecule has 1 aliphatic rings. The van der Waals surface area contributed by atoms with Crippen LogP contribution in [0.1, 0.15) is 34.3 Å². The maximum atomic E-state index is 13.0. The van der Waals surface area contributed by atoms with E-state index in [2.05, 4.69) is 37.4 Å². The van der Waals surface area contributed by atoms with E-state index in [9.17, 15) is 9.18 Å². The molecule has 126 valence electrons. The fourth-order valence-corrected chi connectivity index (χ4v) is 3.12. The van der Waals surface area contributed by atoms with Gasteiger partial charge in [-0.05, 0) is 74.2 Å². The summed E-state index contributed by atoms with van der Waals surface area (Å²) in [7, 11) is 0. The minimum absolute atomic E-state index is 0.0263. The molecule has 1 amide bonds. The van der Waals surface area contributed by atoms with Gasteiger partial charge in [0.25, 0.3) is 5.91 Å². The molecule has 0 saturated carbocycles. The largest absolute Gasteiger partial charge is 0.381 e. The van der Waals surface area contributed by atoms with E-state index < -0.39 is 0 Å². The number of nitrogens with one attached hydrogen (secondary N) is 1. The number of benzene rings is 2. The monoisotopic (exact) mass is 326 g/mol. The Hall–Kier alpha value is -2.36. The summed E-state index contributed by atoms with van der Waals surface area (Å²) in [5.41, 5.74) is 4.18. The molecule has 24 heavy (non-hydrogen) atoms. The Bertz CT molecular complexity index is 727. The standard InChI is InChI=1S/C20H23FN2O/c1-14-5-10-18(12-15(14)2)22-19-4-3-11-23(13-19)20(24)16-6-8-17(21)9-7-16/h5-10,12,19,22H,3-4,11,13H2,1-2H3/t19-/m1/s1. The lowest BCUT2D eigenvalue weighted by Crippen LogP contribution is -2.45. The predicted molar refractivity (Wildman–Crippen MR) is 94.9 cm³/mol. The van der Waals surface area contributed by atoms with Crippen molar-refractivity contribution in [2.24, 2.45) is 0 Å². The van der Waals surface area contributed by atoms with Gasteiger partial charge in [0, 0.05) is 30.4 Å². The highest BCUT2D eigenvalue weighted by atomic mass is 19.1. The number of hydrogen-bond donors (Lipinski definition) is 1. The Morgan fingerprint density at radius 3 is 2.58 bits per heavy atom. The lowest BCUT2D eigenvalue weighted by Gasteiger charge is -2.34. The number of carbonyl (C=O) groups is 1. The van der Waals surface area contributed by atoms with Crippen LogP contribution in [0.3, 0.4) is 0 Å². The Balaban J connectivity index is 1.66. The first kappa shape index (κ1) is 16.5. The maximum absolute atomic E-state index is 13.0. The van der Waals surface area contributed by atoms with Crippen LogP contribution >= 0.6 is 0 Å². The number of rotatable bonds is 3. The Morgan fingerprint density at radius 1 is 1.12 bits per heavy atom. The lowest BCUT2D eigenvalue weighted by molar-refractivity contribution is 0.0715. The third-order valence-electron chi connectivity index (χ3n) is 4.68. The van der Waals surface area contributed by atoms with Gasteiger partial charge in [-0.2, -0.15) is 0 Å². The van der Waals surface area contributed by atoms with Crippen molar-refractivity contribution in [3.63, 3.8) is 0 Å². The van der Waals surface area contributed by atoms with Crippen LogP contribution in [0.15, 0.2) is 42.5 Å². The minimum atomic E-state index is -0.320. The van der Waals surface area contributed by atoms with Gasteiger partial charge in [0.05, 0.1) is 0 Å². The Morgan fingerprint density at radius 2 is 1.88 bits per heavy atom. The average molecular weight is 326 g/mol. The van der Waals surface area contributed by atoms with E-state index >= 15 is 0 Å². The van der Waals surface area contributed by atoms with E-state index in [4.69, 9.17) is 0 Å². The number of halogens is 1. The third kappa shape index (κ3) is 3.75. The van der Waals surface area contributed by atoms with Crippen molar-refractivity contribution in [3.8, 4) is 0 Å². The second-order valence-electron chi connectivity index (χ2n) is 6.54. The number of nitrogens with zero attached hydrogens (tertiary/aromatic N) is 1. The van der Waals surface area contributed by atoms with E-state index in [1.807, 2.05) is 4.90 Å². The van der Waals surface area contributed by atoms with Crippen molar-refractivity contribution in [1.29, 1.82) is 0 Å². The van der Waals surface area contributed by atoms with Gasteiger partial charge in [0.2, 0.25) is 0 Å². The SMILES string of the molecule is Cc1ccc(N[C@@H]2CCCN(C(=O)c3ccc(F)cc3)C2)cc1C. The lowest BCUT2D eigenvalue weighted by atomic mass is 10.0. The van der Waals surface area contributed by atoms with Crippen molar-refractivity contribution in [1.82, 2.24) is 4.90 Å². The summed E-state index contributed by atoms with van der Waals surface area (Å²) >= 11 is 0. The molecule has 2 aromatic carbocycles. The van der Waals surface area contributed by atoms with Gasteiger partial charge in [0.1, 0.15) is 5.82 Å². The predicted octanol–water partition coefficient (Wildman–Crippen LogP) is 4.16. The highest BCUT2D eigenvalue weighted by molar-refractivity contribution is 5.94. The summed E-state index contributed by atoms with van der Waals surface area (Å²) in [4.78, 5) is 14.4. The van der Waals surface area contributed by atoms with Gasteiger partial charge < -0.3 is 10.2 Å². The molecule has 1 aliphatic heterocycles.